The van der Waals surface area contributed by atoms with E-state index in [1.54, 1.807) is 6.07 Å². The summed E-state index contributed by atoms with van der Waals surface area (Å²) < 4.78 is 24.5. The molecule has 0 saturated heterocycles. The van der Waals surface area contributed by atoms with Crippen LogP contribution in [-0.4, -0.2) is 31.8 Å². The van der Waals surface area contributed by atoms with E-state index in [9.17, 15) is 13.5 Å². The normalized spacial score (nSPS) is 10.9. The van der Waals surface area contributed by atoms with E-state index in [0.29, 0.717) is 19.5 Å². The molecule has 0 aliphatic heterocycles. The standard InChI is InChI=1S/C10H15NO5S/c12-9-3-2-8(6-10(9)13)7-11-4-1-5-16-17(14)15/h2-3,6,11-13,17H,1,4-5,7H2. The van der Waals surface area contributed by atoms with Gasteiger partial charge in [0.2, 0.25) is 0 Å². The minimum Gasteiger partial charge on any atom is -0.504 e. The van der Waals surface area contributed by atoms with E-state index >= 15 is 0 Å². The Bertz CT molecular complexity index is 425. The molecule has 96 valence electrons. The number of hydrogen-bond acceptors (Lipinski definition) is 6. The third-order valence-corrected chi connectivity index (χ3v) is 2.46. The van der Waals surface area contributed by atoms with Crippen LogP contribution in [0.25, 0.3) is 0 Å². The van der Waals surface area contributed by atoms with Crippen molar-refractivity contribution in [2.75, 3.05) is 13.2 Å². The second-order valence-electron chi connectivity index (χ2n) is 3.41. The predicted octanol–water partition coefficient (Wildman–Crippen LogP) is 0.120. The third kappa shape index (κ3) is 5.53. The largest absolute Gasteiger partial charge is 0.504 e. The molecule has 0 unspecified atom stereocenters. The topological polar surface area (TPSA) is 95.9 Å². The quantitative estimate of drug-likeness (QED) is 0.316. The van der Waals surface area contributed by atoms with E-state index in [-0.39, 0.29) is 18.1 Å². The van der Waals surface area contributed by atoms with Gasteiger partial charge in [-0.1, -0.05) is 6.07 Å². The summed E-state index contributed by atoms with van der Waals surface area (Å²) in [5.41, 5.74) is 0.830. The Balaban J connectivity index is 2.20. The van der Waals surface area contributed by atoms with Crippen LogP contribution in [0.4, 0.5) is 0 Å². The second-order valence-corrected chi connectivity index (χ2v) is 4.12. The molecule has 0 saturated carbocycles. The van der Waals surface area contributed by atoms with Crippen molar-refractivity contribution >= 4 is 11.0 Å². The fraction of sp³-hybridized carbons (Fsp3) is 0.400. The molecular formula is C10H15NO5S. The van der Waals surface area contributed by atoms with Gasteiger partial charge in [-0.3, -0.25) is 4.18 Å². The summed E-state index contributed by atoms with van der Waals surface area (Å²) in [7, 11) is -2.76. The molecule has 0 spiro atoms. The molecule has 0 fully saturated rings. The van der Waals surface area contributed by atoms with Gasteiger partial charge in [0.1, 0.15) is 0 Å². The lowest BCUT2D eigenvalue weighted by Crippen LogP contribution is -2.16. The number of aromatic hydroxyl groups is 2. The van der Waals surface area contributed by atoms with Crippen LogP contribution in [-0.2, 0) is 21.7 Å². The summed E-state index contributed by atoms with van der Waals surface area (Å²) in [6.45, 7) is 1.29. The highest BCUT2D eigenvalue weighted by Gasteiger charge is 2.00. The number of benzene rings is 1. The van der Waals surface area contributed by atoms with Gasteiger partial charge in [-0.2, -0.15) is 0 Å². The summed E-state index contributed by atoms with van der Waals surface area (Å²) in [6.07, 6.45) is 0.577. The van der Waals surface area contributed by atoms with Gasteiger partial charge in [0.15, 0.2) is 11.5 Å². The Morgan fingerprint density at radius 3 is 2.65 bits per heavy atom. The first-order valence-corrected chi connectivity index (χ1v) is 6.18. The molecule has 0 amide bonds. The van der Waals surface area contributed by atoms with Crippen molar-refractivity contribution in [3.63, 3.8) is 0 Å². The number of rotatable bonds is 7. The molecule has 6 nitrogen and oxygen atoms in total. The summed E-state index contributed by atoms with van der Waals surface area (Å²) in [5, 5.41) is 21.4. The first kappa shape index (κ1) is 13.8. The highest BCUT2D eigenvalue weighted by molar-refractivity contribution is 7.67. The zero-order chi connectivity index (χ0) is 12.7. The van der Waals surface area contributed by atoms with Crippen molar-refractivity contribution in [3.8, 4) is 11.5 Å². The van der Waals surface area contributed by atoms with E-state index in [1.165, 1.54) is 12.1 Å². The van der Waals surface area contributed by atoms with Crippen LogP contribution in [0.1, 0.15) is 12.0 Å². The molecule has 1 aromatic carbocycles. The smallest absolute Gasteiger partial charge is 0.257 e. The number of phenols is 2. The molecule has 3 N–H and O–H groups in total. The van der Waals surface area contributed by atoms with Crippen molar-refractivity contribution in [2.45, 2.75) is 13.0 Å². The second kappa shape index (κ2) is 7.10. The average molecular weight is 261 g/mol. The number of phenolic OH excluding ortho intramolecular Hbond substituents is 2. The number of thiol groups is 1. The number of hydrogen-bond donors (Lipinski definition) is 4. The minimum atomic E-state index is -2.76. The van der Waals surface area contributed by atoms with Gasteiger partial charge in [-0.15, -0.1) is 0 Å². The first-order valence-electron chi connectivity index (χ1n) is 5.08. The summed E-state index contributed by atoms with van der Waals surface area (Å²) in [6, 6.07) is 4.57. The highest BCUT2D eigenvalue weighted by atomic mass is 32.2. The van der Waals surface area contributed by atoms with E-state index in [4.69, 9.17) is 5.11 Å². The maximum absolute atomic E-state index is 10.1. The van der Waals surface area contributed by atoms with Crippen LogP contribution in [0.3, 0.4) is 0 Å². The molecule has 7 heteroatoms. The van der Waals surface area contributed by atoms with Gasteiger partial charge >= 0.3 is 0 Å². The van der Waals surface area contributed by atoms with E-state index in [2.05, 4.69) is 9.50 Å². The van der Waals surface area contributed by atoms with Crippen LogP contribution >= 0.6 is 0 Å². The van der Waals surface area contributed by atoms with E-state index < -0.39 is 11.0 Å². The van der Waals surface area contributed by atoms with Crippen LogP contribution in [0.2, 0.25) is 0 Å². The van der Waals surface area contributed by atoms with Crippen LogP contribution < -0.4 is 5.32 Å². The molecule has 0 aromatic heterocycles. The molecule has 1 aromatic rings. The minimum absolute atomic E-state index is 0.151. The zero-order valence-electron chi connectivity index (χ0n) is 9.13. The Morgan fingerprint density at radius 2 is 2.00 bits per heavy atom. The van der Waals surface area contributed by atoms with Crippen molar-refractivity contribution in [1.29, 1.82) is 0 Å². The van der Waals surface area contributed by atoms with Crippen LogP contribution in [0, 0.1) is 0 Å². The van der Waals surface area contributed by atoms with Crippen LogP contribution in [0.5, 0.6) is 11.5 Å². The molecule has 0 bridgehead atoms. The fourth-order valence-corrected chi connectivity index (χ4v) is 1.53. The van der Waals surface area contributed by atoms with Crippen molar-refractivity contribution < 1.29 is 22.8 Å². The SMILES string of the molecule is O=[SH](=O)OCCCNCc1ccc(O)c(O)c1. The maximum atomic E-state index is 10.1. The lowest BCUT2D eigenvalue weighted by atomic mass is 10.2. The lowest BCUT2D eigenvalue weighted by molar-refractivity contribution is 0.323. The Labute approximate surface area is 101 Å². The van der Waals surface area contributed by atoms with Gasteiger partial charge in [0.25, 0.3) is 11.0 Å². The fourth-order valence-electron chi connectivity index (χ4n) is 1.25. The Kier molecular flexibility index (Phi) is 5.75. The monoisotopic (exact) mass is 261 g/mol. The van der Waals surface area contributed by atoms with Gasteiger partial charge in [0.05, 0.1) is 6.61 Å². The van der Waals surface area contributed by atoms with Crippen molar-refractivity contribution in [2.24, 2.45) is 0 Å². The Hall–Kier alpha value is -1.31. The molecule has 0 radical (unpaired) electrons. The van der Waals surface area contributed by atoms with Gasteiger partial charge < -0.3 is 15.5 Å². The van der Waals surface area contributed by atoms with E-state index in [1.807, 2.05) is 0 Å². The summed E-state index contributed by atoms with van der Waals surface area (Å²) in [4.78, 5) is 0. The highest BCUT2D eigenvalue weighted by Crippen LogP contribution is 2.24. The Morgan fingerprint density at radius 1 is 1.24 bits per heavy atom. The molecule has 0 aliphatic rings. The molecule has 17 heavy (non-hydrogen) atoms. The van der Waals surface area contributed by atoms with Gasteiger partial charge in [-0.05, 0) is 30.7 Å². The molecule has 1 rings (SSSR count). The average Bonchev–Trinajstić information content (AvgIpc) is 2.27. The maximum Gasteiger partial charge on any atom is 0.257 e. The zero-order valence-corrected chi connectivity index (χ0v) is 10.0. The summed E-state index contributed by atoms with van der Waals surface area (Å²) in [5.74, 6) is -0.308. The van der Waals surface area contributed by atoms with Crippen LogP contribution in [0.15, 0.2) is 18.2 Å². The molecule has 0 aliphatic carbocycles. The predicted molar refractivity (Wildman–Crippen MR) is 62.4 cm³/mol. The molecule has 0 atom stereocenters. The lowest BCUT2D eigenvalue weighted by Gasteiger charge is -2.05. The van der Waals surface area contributed by atoms with Gasteiger partial charge in [-0.25, -0.2) is 8.42 Å². The van der Waals surface area contributed by atoms with Crippen molar-refractivity contribution in [3.05, 3.63) is 23.8 Å². The van der Waals surface area contributed by atoms with E-state index in [0.717, 1.165) is 5.56 Å². The number of nitrogens with one attached hydrogen (secondary N) is 1. The molecular weight excluding hydrogens is 246 g/mol. The summed E-state index contributed by atoms with van der Waals surface area (Å²) >= 11 is 0. The first-order chi connectivity index (χ1) is 8.09. The van der Waals surface area contributed by atoms with Gasteiger partial charge in [0, 0.05) is 6.54 Å². The molecule has 0 heterocycles. The third-order valence-electron chi connectivity index (χ3n) is 2.06. The van der Waals surface area contributed by atoms with Crippen molar-refractivity contribution in [1.82, 2.24) is 5.32 Å².